The molecule has 0 radical (unpaired) electrons. The highest BCUT2D eigenvalue weighted by atomic mass is 31.2. The van der Waals surface area contributed by atoms with Gasteiger partial charge in [-0.2, -0.15) is 0 Å². The van der Waals surface area contributed by atoms with Gasteiger partial charge in [0.25, 0.3) is 0 Å². The molecule has 0 amide bonds. The van der Waals surface area contributed by atoms with Gasteiger partial charge in [-0.1, -0.05) is 57.8 Å². The number of hydrogen-bond acceptors (Lipinski definition) is 2. The Hall–Kier alpha value is 0.150. The van der Waals surface area contributed by atoms with E-state index in [1.807, 2.05) is 0 Å². The summed E-state index contributed by atoms with van der Waals surface area (Å²) in [6.07, 6.45) is 12.2. The lowest BCUT2D eigenvalue weighted by molar-refractivity contribution is 0.370. The molecule has 1 atom stereocenters. The molecule has 17 heavy (non-hydrogen) atoms. The van der Waals surface area contributed by atoms with Gasteiger partial charge in [0.15, 0.2) is 0 Å². The molecule has 0 aromatic carbocycles. The van der Waals surface area contributed by atoms with Gasteiger partial charge < -0.3 is 10.6 Å². The molecule has 1 fully saturated rings. The van der Waals surface area contributed by atoms with Crippen molar-refractivity contribution in [3.63, 3.8) is 0 Å². The molecular formula is C13H28NO2P. The first kappa shape index (κ1) is 15.2. The van der Waals surface area contributed by atoms with E-state index in [1.54, 1.807) is 0 Å². The molecule has 1 saturated carbocycles. The zero-order valence-electron chi connectivity index (χ0n) is 11.2. The van der Waals surface area contributed by atoms with Crippen molar-refractivity contribution in [3.05, 3.63) is 0 Å². The van der Waals surface area contributed by atoms with E-state index in [0.717, 1.165) is 25.7 Å². The average molecular weight is 261 g/mol. The second kappa shape index (κ2) is 6.92. The molecule has 0 aliphatic heterocycles. The third-order valence-corrected chi connectivity index (χ3v) is 6.15. The van der Waals surface area contributed by atoms with Crippen LogP contribution in [0.2, 0.25) is 0 Å². The maximum Gasteiger partial charge on any atom is 0.216 e. The molecular weight excluding hydrogens is 233 g/mol. The Morgan fingerprint density at radius 2 is 1.18 bits per heavy atom. The first-order chi connectivity index (χ1) is 7.96. The van der Waals surface area contributed by atoms with E-state index in [4.69, 9.17) is 5.73 Å². The topological polar surface area (TPSA) is 63.3 Å². The number of nitrogens with two attached hydrogens (primary N) is 1. The van der Waals surface area contributed by atoms with Crippen molar-refractivity contribution in [1.82, 2.24) is 0 Å². The lowest BCUT2D eigenvalue weighted by Gasteiger charge is -2.32. The quantitative estimate of drug-likeness (QED) is 0.705. The highest BCUT2D eigenvalue weighted by molar-refractivity contribution is 7.58. The Morgan fingerprint density at radius 3 is 1.47 bits per heavy atom. The molecule has 1 rings (SSSR count). The molecule has 4 heteroatoms. The summed E-state index contributed by atoms with van der Waals surface area (Å²) in [5.74, 6) is 0. The van der Waals surface area contributed by atoms with Gasteiger partial charge in [-0.05, 0) is 12.8 Å². The highest BCUT2D eigenvalue weighted by Crippen LogP contribution is 2.52. The highest BCUT2D eigenvalue weighted by Gasteiger charge is 2.38. The van der Waals surface area contributed by atoms with Crippen LogP contribution in [-0.2, 0) is 4.57 Å². The minimum atomic E-state index is -3.18. The Kier molecular flexibility index (Phi) is 6.19. The zero-order chi connectivity index (χ0) is 12.8. The SMILES string of the molecule is CP(=O)(O)C1(N)CCCCCCCCCCC1. The lowest BCUT2D eigenvalue weighted by Crippen LogP contribution is -2.39. The molecule has 102 valence electrons. The van der Waals surface area contributed by atoms with Crippen molar-refractivity contribution < 1.29 is 9.46 Å². The van der Waals surface area contributed by atoms with Crippen LogP contribution in [0.25, 0.3) is 0 Å². The predicted octanol–water partition coefficient (Wildman–Crippen LogP) is 3.85. The van der Waals surface area contributed by atoms with Gasteiger partial charge in [0.1, 0.15) is 0 Å². The third-order valence-electron chi connectivity index (χ3n) is 4.05. The standard InChI is InChI=1S/C13H28NO2P/c1-17(15,16)13(14)11-9-7-5-3-2-4-6-8-10-12-13/h2-12,14H2,1H3,(H,15,16). The van der Waals surface area contributed by atoms with Crippen LogP contribution < -0.4 is 5.73 Å². The second-order valence-electron chi connectivity index (χ2n) is 5.66. The molecule has 1 unspecified atom stereocenters. The number of hydrogen-bond donors (Lipinski definition) is 2. The monoisotopic (exact) mass is 261 g/mol. The summed E-state index contributed by atoms with van der Waals surface area (Å²) in [5, 5.41) is -0.827. The molecule has 0 saturated heterocycles. The summed E-state index contributed by atoms with van der Waals surface area (Å²) in [6.45, 7) is 1.43. The summed E-state index contributed by atoms with van der Waals surface area (Å²) in [5.41, 5.74) is 6.20. The third kappa shape index (κ3) is 5.11. The molecule has 0 aromatic heterocycles. The van der Waals surface area contributed by atoms with Gasteiger partial charge in [-0.3, -0.25) is 4.57 Å². The Labute approximate surface area is 106 Å². The molecule has 1 aliphatic carbocycles. The summed E-state index contributed by atoms with van der Waals surface area (Å²) in [7, 11) is -3.18. The molecule has 0 spiro atoms. The van der Waals surface area contributed by atoms with Crippen LogP contribution >= 0.6 is 7.37 Å². The maximum atomic E-state index is 11.9. The Balaban J connectivity index is 2.57. The van der Waals surface area contributed by atoms with Gasteiger partial charge >= 0.3 is 0 Å². The maximum absolute atomic E-state index is 11.9. The summed E-state index contributed by atoms with van der Waals surface area (Å²) >= 11 is 0. The van der Waals surface area contributed by atoms with E-state index in [9.17, 15) is 9.46 Å². The smallest absolute Gasteiger partial charge is 0.216 e. The van der Waals surface area contributed by atoms with E-state index in [2.05, 4.69) is 0 Å². The predicted molar refractivity (Wildman–Crippen MR) is 73.5 cm³/mol. The Bertz CT molecular complexity index is 250. The van der Waals surface area contributed by atoms with Gasteiger partial charge in [0.2, 0.25) is 7.37 Å². The van der Waals surface area contributed by atoms with Crippen LogP contribution in [-0.4, -0.2) is 16.8 Å². The fraction of sp³-hybridized carbons (Fsp3) is 1.00. The second-order valence-corrected chi connectivity index (χ2v) is 8.31. The van der Waals surface area contributed by atoms with Gasteiger partial charge in [0.05, 0.1) is 5.28 Å². The fourth-order valence-electron chi connectivity index (χ4n) is 2.64. The van der Waals surface area contributed by atoms with Crippen LogP contribution in [0.3, 0.4) is 0 Å². The Morgan fingerprint density at radius 1 is 0.882 bits per heavy atom. The minimum Gasteiger partial charge on any atom is -0.343 e. The summed E-state index contributed by atoms with van der Waals surface area (Å²) in [6, 6.07) is 0. The van der Waals surface area contributed by atoms with Crippen LogP contribution in [0.1, 0.15) is 70.6 Å². The van der Waals surface area contributed by atoms with Crippen molar-refractivity contribution >= 4 is 7.37 Å². The van der Waals surface area contributed by atoms with Crippen LogP contribution in [0.5, 0.6) is 0 Å². The van der Waals surface area contributed by atoms with Crippen molar-refractivity contribution in [1.29, 1.82) is 0 Å². The van der Waals surface area contributed by atoms with Gasteiger partial charge in [0, 0.05) is 6.66 Å². The van der Waals surface area contributed by atoms with Crippen molar-refractivity contribution in [2.45, 2.75) is 75.9 Å². The van der Waals surface area contributed by atoms with Crippen LogP contribution in [0.15, 0.2) is 0 Å². The van der Waals surface area contributed by atoms with E-state index in [0.29, 0.717) is 12.8 Å². The van der Waals surface area contributed by atoms with Gasteiger partial charge in [-0.15, -0.1) is 0 Å². The zero-order valence-corrected chi connectivity index (χ0v) is 12.1. The molecule has 3 N–H and O–H groups in total. The van der Waals surface area contributed by atoms with Gasteiger partial charge in [-0.25, -0.2) is 0 Å². The average Bonchev–Trinajstić information content (AvgIpc) is 2.21. The largest absolute Gasteiger partial charge is 0.343 e. The molecule has 0 heterocycles. The van der Waals surface area contributed by atoms with Crippen LogP contribution in [0.4, 0.5) is 0 Å². The van der Waals surface area contributed by atoms with Crippen LogP contribution in [0, 0.1) is 0 Å². The summed E-state index contributed by atoms with van der Waals surface area (Å²) in [4.78, 5) is 9.84. The number of rotatable bonds is 1. The first-order valence-corrected chi connectivity index (χ1v) is 9.16. The first-order valence-electron chi connectivity index (χ1n) is 7.05. The molecule has 0 bridgehead atoms. The van der Waals surface area contributed by atoms with Crippen molar-refractivity contribution in [2.24, 2.45) is 5.73 Å². The minimum absolute atomic E-state index is 0.706. The molecule has 0 aromatic rings. The summed E-state index contributed by atoms with van der Waals surface area (Å²) < 4.78 is 11.9. The molecule has 1 aliphatic rings. The van der Waals surface area contributed by atoms with Crippen molar-refractivity contribution in [2.75, 3.05) is 6.66 Å². The molecule has 3 nitrogen and oxygen atoms in total. The van der Waals surface area contributed by atoms with Crippen molar-refractivity contribution in [3.8, 4) is 0 Å². The lowest BCUT2D eigenvalue weighted by atomic mass is 9.98. The van der Waals surface area contributed by atoms with E-state index >= 15 is 0 Å². The fourth-order valence-corrected chi connectivity index (χ4v) is 3.79. The normalized spacial score (nSPS) is 27.5. The van der Waals surface area contributed by atoms with E-state index < -0.39 is 12.6 Å². The van der Waals surface area contributed by atoms with E-state index in [1.165, 1.54) is 38.8 Å². The van der Waals surface area contributed by atoms with E-state index in [-0.39, 0.29) is 0 Å².